The molecular formula is C47H73NO17. The van der Waals surface area contributed by atoms with Gasteiger partial charge in [-0.15, -0.1) is 0 Å². The number of hydrogen-bond acceptors (Lipinski definition) is 17. The van der Waals surface area contributed by atoms with E-state index < -0.39 is 147 Å². The van der Waals surface area contributed by atoms with Crippen molar-refractivity contribution in [3.8, 4) is 0 Å². The highest BCUT2D eigenvalue weighted by atomic mass is 16.7. The summed E-state index contributed by atoms with van der Waals surface area (Å²) in [5.41, 5.74) is 6.02. The number of ether oxygens (including phenoxy) is 4. The SMILES string of the molecule is C[C@@H]1[C@H](O)[C@@H](C)/C=C/C=C/C=C/C=C/C=C\C=C\C=C\[C@H](O[C@@H]2O[C@H](C)[C@@H](O)[C@H](N)[C@@H]2O)C[C@@H]2O[C@@](O)(C[C@@H](O)C[C@@H](O)[C@H](O)CC[C@@H](O)C[C@@H](O)CC(=O)O[C@H]1C)C[C@H](O)[C@H]2C(=O)O. The minimum absolute atomic E-state index is 0.107. The lowest BCUT2D eigenvalue weighted by Crippen LogP contribution is -2.61. The Hall–Kier alpha value is -3.44. The van der Waals surface area contributed by atoms with E-state index in [9.17, 15) is 65.8 Å². The first-order chi connectivity index (χ1) is 30.6. The van der Waals surface area contributed by atoms with E-state index in [1.807, 2.05) is 19.1 Å². The highest BCUT2D eigenvalue weighted by Crippen LogP contribution is 2.38. The van der Waals surface area contributed by atoms with Gasteiger partial charge in [-0.05, 0) is 33.1 Å². The number of carbonyl (C=O) groups is 2. The zero-order valence-corrected chi connectivity index (χ0v) is 37.6. The predicted octanol–water partition coefficient (Wildman–Crippen LogP) is 0.712. The fourth-order valence-corrected chi connectivity index (χ4v) is 7.97. The molecule has 19 atom stereocenters. The van der Waals surface area contributed by atoms with Crippen LogP contribution in [0.25, 0.3) is 0 Å². The molecule has 0 aliphatic carbocycles. The molecule has 2 fully saturated rings. The first-order valence-corrected chi connectivity index (χ1v) is 22.3. The number of carboxylic acids is 1. The molecule has 0 aromatic rings. The molecule has 0 saturated carbocycles. The second kappa shape index (κ2) is 27.4. The summed E-state index contributed by atoms with van der Waals surface area (Å²) >= 11 is 0. The average molecular weight is 924 g/mol. The van der Waals surface area contributed by atoms with Crippen molar-refractivity contribution in [1.29, 1.82) is 0 Å². The van der Waals surface area contributed by atoms with Crippen LogP contribution < -0.4 is 5.73 Å². The van der Waals surface area contributed by atoms with Gasteiger partial charge in [0.2, 0.25) is 0 Å². The number of esters is 1. The van der Waals surface area contributed by atoms with E-state index in [-0.39, 0.29) is 31.6 Å². The fourth-order valence-electron chi connectivity index (χ4n) is 7.97. The number of hydrogen-bond donors (Lipinski definition) is 12. The quantitative estimate of drug-likeness (QED) is 0.174. The number of aliphatic carboxylic acids is 1. The topological polar surface area (TPSA) is 320 Å². The van der Waals surface area contributed by atoms with E-state index >= 15 is 0 Å². The van der Waals surface area contributed by atoms with Gasteiger partial charge in [-0.1, -0.05) is 98.9 Å². The van der Waals surface area contributed by atoms with Crippen LogP contribution in [0.3, 0.4) is 0 Å². The smallest absolute Gasteiger partial charge is 0.311 e. The maximum Gasteiger partial charge on any atom is 0.311 e. The van der Waals surface area contributed by atoms with Crippen LogP contribution in [0.15, 0.2) is 85.1 Å². The summed E-state index contributed by atoms with van der Waals surface area (Å²) in [4.78, 5) is 25.1. The van der Waals surface area contributed by atoms with E-state index in [1.165, 1.54) is 13.0 Å². The van der Waals surface area contributed by atoms with Gasteiger partial charge in [-0.3, -0.25) is 9.59 Å². The minimum atomic E-state index is -2.33. The number of cyclic esters (lactones) is 1. The molecule has 3 heterocycles. The van der Waals surface area contributed by atoms with Crippen LogP contribution in [0.4, 0.5) is 0 Å². The lowest BCUT2D eigenvalue weighted by molar-refractivity contribution is -0.308. The van der Waals surface area contributed by atoms with Gasteiger partial charge in [0.15, 0.2) is 12.1 Å². The molecule has 18 heteroatoms. The largest absolute Gasteiger partial charge is 0.481 e. The Bertz CT molecular complexity index is 1670. The first-order valence-electron chi connectivity index (χ1n) is 22.3. The van der Waals surface area contributed by atoms with Crippen molar-refractivity contribution in [1.82, 2.24) is 0 Å². The van der Waals surface area contributed by atoms with E-state index in [2.05, 4.69) is 0 Å². The molecule has 0 spiro atoms. The van der Waals surface area contributed by atoms with Gasteiger partial charge in [-0.2, -0.15) is 0 Å². The number of aliphatic hydroxyl groups excluding tert-OH is 9. The van der Waals surface area contributed by atoms with E-state index in [0.29, 0.717) is 0 Å². The molecule has 0 aromatic heterocycles. The molecule has 2 bridgehead atoms. The van der Waals surface area contributed by atoms with Crippen molar-refractivity contribution in [3.05, 3.63) is 85.1 Å². The summed E-state index contributed by atoms with van der Waals surface area (Å²) in [7, 11) is 0. The lowest BCUT2D eigenvalue weighted by Gasteiger charge is -2.45. The maximum atomic E-state index is 12.6. The Morgan fingerprint density at radius 2 is 1.23 bits per heavy atom. The third-order valence-electron chi connectivity index (χ3n) is 12.0. The van der Waals surface area contributed by atoms with Gasteiger partial charge in [-0.25, -0.2) is 0 Å². The number of fused-ring (bicyclic) bond motifs is 2. The molecule has 65 heavy (non-hydrogen) atoms. The monoisotopic (exact) mass is 923 g/mol. The predicted molar refractivity (Wildman–Crippen MR) is 237 cm³/mol. The fraction of sp³-hybridized carbons (Fsp3) is 0.660. The second-order valence-electron chi connectivity index (χ2n) is 17.6. The van der Waals surface area contributed by atoms with Gasteiger partial charge in [0.1, 0.15) is 18.1 Å². The van der Waals surface area contributed by atoms with Gasteiger partial charge in [0.05, 0.1) is 79.6 Å². The van der Waals surface area contributed by atoms with Crippen molar-refractivity contribution in [2.75, 3.05) is 0 Å². The summed E-state index contributed by atoms with van der Waals surface area (Å²) in [5.74, 6) is -6.83. The van der Waals surface area contributed by atoms with Crippen molar-refractivity contribution >= 4 is 11.9 Å². The van der Waals surface area contributed by atoms with Crippen molar-refractivity contribution in [2.24, 2.45) is 23.5 Å². The van der Waals surface area contributed by atoms with E-state index in [0.717, 1.165) is 0 Å². The first kappa shape index (κ1) is 55.9. The Morgan fingerprint density at radius 3 is 1.82 bits per heavy atom. The van der Waals surface area contributed by atoms with E-state index in [4.69, 9.17) is 24.7 Å². The van der Waals surface area contributed by atoms with Crippen LogP contribution in [0, 0.1) is 17.8 Å². The van der Waals surface area contributed by atoms with Crippen LogP contribution in [-0.4, -0.2) is 166 Å². The van der Waals surface area contributed by atoms with Gasteiger partial charge in [0.25, 0.3) is 0 Å². The van der Waals surface area contributed by atoms with Crippen molar-refractivity contribution < 1.29 is 84.7 Å². The summed E-state index contributed by atoms with van der Waals surface area (Å²) in [6.45, 7) is 6.74. The van der Waals surface area contributed by atoms with Crippen LogP contribution in [0.2, 0.25) is 0 Å². The molecule has 3 rings (SSSR count). The van der Waals surface area contributed by atoms with Crippen LogP contribution in [-0.2, 0) is 28.5 Å². The van der Waals surface area contributed by atoms with Crippen molar-refractivity contribution in [2.45, 2.75) is 177 Å². The molecule has 3 aliphatic rings. The van der Waals surface area contributed by atoms with E-state index in [1.54, 1.807) is 80.7 Å². The Labute approximate surface area is 381 Å². The van der Waals surface area contributed by atoms with Crippen molar-refractivity contribution in [3.63, 3.8) is 0 Å². The van der Waals surface area contributed by atoms with Crippen LogP contribution >= 0.6 is 0 Å². The standard InChI is InChI=1S/C47H73NO17/c1-27-17-15-13-11-9-7-5-6-8-10-12-14-16-18-34(64-46-44(58)41(48)43(57)30(4)63-46)24-38-40(45(59)60)37(54)26-47(61,65-38)25-33(51)22-36(53)35(52)20-19-31(49)21-32(50)23-39(55)62-29(3)28(2)42(27)56/h5-18,27-38,40-44,46,49-54,56-58,61H,19-26,48H2,1-4H3,(H,59,60)/b6-5+,9-7+,10-8-,13-11+,14-12+,17-15+,18-16+/t27-,28-,29-,30+,31+,32+,33-,34-,35+,36+,37-,38-,40+,41-,42+,43+,44-,46-,47-/m0/s1. The van der Waals surface area contributed by atoms with Crippen LogP contribution in [0.1, 0.15) is 79.1 Å². The van der Waals surface area contributed by atoms with Gasteiger partial charge < -0.3 is 80.9 Å². The molecule has 0 aromatic carbocycles. The summed E-state index contributed by atoms with van der Waals surface area (Å²) in [5, 5.41) is 118. The maximum absolute atomic E-state index is 12.6. The molecular weight excluding hydrogens is 851 g/mol. The number of aliphatic hydroxyl groups is 10. The minimum Gasteiger partial charge on any atom is -0.481 e. The Balaban J connectivity index is 1.86. The second-order valence-corrected chi connectivity index (χ2v) is 17.6. The zero-order valence-electron chi connectivity index (χ0n) is 37.6. The average Bonchev–Trinajstić information content (AvgIpc) is 3.21. The molecule has 3 aliphatic heterocycles. The van der Waals surface area contributed by atoms with Crippen LogP contribution in [0.5, 0.6) is 0 Å². The number of rotatable bonds is 3. The number of allylic oxidation sites excluding steroid dienone is 12. The molecule has 0 radical (unpaired) electrons. The summed E-state index contributed by atoms with van der Waals surface area (Å²) < 4.78 is 23.1. The number of carbonyl (C=O) groups excluding carboxylic acids is 1. The number of carboxylic acid groups (broad SMARTS) is 1. The molecule has 18 nitrogen and oxygen atoms in total. The Morgan fingerprint density at radius 1 is 0.662 bits per heavy atom. The molecule has 13 N–H and O–H groups in total. The van der Waals surface area contributed by atoms with Gasteiger partial charge in [0, 0.05) is 37.5 Å². The summed E-state index contributed by atoms with van der Waals surface area (Å²) in [6, 6.07) is -1.15. The normalized spacial score (nSPS) is 45.5. The van der Waals surface area contributed by atoms with Gasteiger partial charge >= 0.3 is 11.9 Å². The lowest BCUT2D eigenvalue weighted by atomic mass is 9.82. The molecule has 0 unspecified atom stereocenters. The zero-order chi connectivity index (χ0) is 48.4. The molecule has 0 amide bonds. The Kier molecular flexibility index (Phi) is 23.6. The number of nitrogens with two attached hydrogens (primary N) is 1. The highest BCUT2D eigenvalue weighted by Gasteiger charge is 2.51. The summed E-state index contributed by atoms with van der Waals surface area (Å²) in [6.07, 6.45) is 3.46. The third-order valence-corrected chi connectivity index (χ3v) is 12.0. The third kappa shape index (κ3) is 18.6. The highest BCUT2D eigenvalue weighted by molar-refractivity contribution is 5.71. The molecule has 2 saturated heterocycles. The molecule has 368 valence electrons.